The van der Waals surface area contributed by atoms with Crippen molar-refractivity contribution in [2.45, 2.75) is 26.9 Å². The van der Waals surface area contributed by atoms with Gasteiger partial charge in [0.2, 0.25) is 0 Å². The first-order valence-corrected chi connectivity index (χ1v) is 10.0. The van der Waals surface area contributed by atoms with Gasteiger partial charge in [-0.15, -0.1) is 0 Å². The zero-order chi connectivity index (χ0) is 20.4. The van der Waals surface area contributed by atoms with Crippen molar-refractivity contribution in [3.8, 4) is 5.75 Å². The number of carbonyl (C=O) groups is 1. The number of benzene rings is 2. The summed E-state index contributed by atoms with van der Waals surface area (Å²) >= 11 is 0. The fourth-order valence-electron chi connectivity index (χ4n) is 3.72. The number of nitrogens with zero attached hydrogens (tertiary/aromatic N) is 4. The van der Waals surface area contributed by atoms with Gasteiger partial charge < -0.3 is 14.5 Å². The lowest BCUT2D eigenvalue weighted by atomic mass is 10.1. The van der Waals surface area contributed by atoms with Gasteiger partial charge in [0.1, 0.15) is 11.6 Å². The molecule has 2 aromatic carbocycles. The van der Waals surface area contributed by atoms with Crippen molar-refractivity contribution >= 4 is 22.5 Å². The van der Waals surface area contributed by atoms with Crippen LogP contribution in [0.2, 0.25) is 0 Å². The van der Waals surface area contributed by atoms with E-state index in [9.17, 15) is 4.79 Å². The van der Waals surface area contributed by atoms with Gasteiger partial charge in [-0.25, -0.2) is 4.98 Å². The molecule has 1 atom stereocenters. The van der Waals surface area contributed by atoms with Crippen LogP contribution >= 0.6 is 0 Å². The number of rotatable bonds is 4. The Kier molecular flexibility index (Phi) is 5.34. The van der Waals surface area contributed by atoms with Crippen molar-refractivity contribution in [1.29, 1.82) is 0 Å². The molecule has 4 rings (SSSR count). The number of piperazine rings is 1. The van der Waals surface area contributed by atoms with E-state index < -0.39 is 6.10 Å². The number of carbonyl (C=O) groups excluding carboxylic acids is 1. The second-order valence-corrected chi connectivity index (χ2v) is 7.50. The molecule has 6 nitrogen and oxygen atoms in total. The monoisotopic (exact) mass is 390 g/mol. The van der Waals surface area contributed by atoms with Gasteiger partial charge in [0.15, 0.2) is 6.10 Å². The van der Waals surface area contributed by atoms with E-state index in [4.69, 9.17) is 4.74 Å². The van der Waals surface area contributed by atoms with E-state index in [-0.39, 0.29) is 5.91 Å². The van der Waals surface area contributed by atoms with Crippen LogP contribution < -0.4 is 9.64 Å². The zero-order valence-corrected chi connectivity index (χ0v) is 17.1. The molecule has 0 aliphatic carbocycles. The predicted molar refractivity (Wildman–Crippen MR) is 114 cm³/mol. The van der Waals surface area contributed by atoms with E-state index in [0.29, 0.717) is 18.8 Å². The molecule has 150 valence electrons. The van der Waals surface area contributed by atoms with Gasteiger partial charge in [-0.2, -0.15) is 0 Å². The third-order valence-electron chi connectivity index (χ3n) is 5.32. The molecule has 0 N–H and O–H groups in total. The highest BCUT2D eigenvalue weighted by Gasteiger charge is 2.27. The lowest BCUT2D eigenvalue weighted by molar-refractivity contribution is -0.138. The fraction of sp³-hybridized carbons (Fsp3) is 0.348. The fourth-order valence-corrected chi connectivity index (χ4v) is 3.72. The summed E-state index contributed by atoms with van der Waals surface area (Å²) in [4.78, 5) is 26.0. The molecule has 1 saturated heterocycles. The van der Waals surface area contributed by atoms with Crippen LogP contribution in [0.3, 0.4) is 0 Å². The standard InChI is InChI=1S/C23H26N4O2/c1-16-15-24-17(2)22(25-16)26-10-12-27(13-11-26)23(28)18(3)29-21-9-8-19-6-4-5-7-20(19)14-21/h4-9,14-15,18H,10-13H2,1-3H3. The van der Waals surface area contributed by atoms with E-state index >= 15 is 0 Å². The maximum Gasteiger partial charge on any atom is 0.263 e. The molecular formula is C23H26N4O2. The minimum Gasteiger partial charge on any atom is -0.481 e. The van der Waals surface area contributed by atoms with Gasteiger partial charge in [-0.3, -0.25) is 9.78 Å². The van der Waals surface area contributed by atoms with E-state index in [1.165, 1.54) is 0 Å². The Morgan fingerprint density at radius 1 is 1.03 bits per heavy atom. The molecule has 0 bridgehead atoms. The Morgan fingerprint density at radius 3 is 2.52 bits per heavy atom. The largest absolute Gasteiger partial charge is 0.481 e. The Balaban J connectivity index is 1.37. The van der Waals surface area contributed by atoms with Gasteiger partial charge in [-0.1, -0.05) is 30.3 Å². The minimum atomic E-state index is -0.525. The molecule has 2 heterocycles. The van der Waals surface area contributed by atoms with E-state index in [0.717, 1.165) is 41.1 Å². The number of anilines is 1. The lowest BCUT2D eigenvalue weighted by Crippen LogP contribution is -2.52. The summed E-state index contributed by atoms with van der Waals surface area (Å²) in [6.45, 7) is 8.53. The number of hydrogen-bond donors (Lipinski definition) is 0. The van der Waals surface area contributed by atoms with Gasteiger partial charge in [-0.05, 0) is 43.7 Å². The third kappa shape index (κ3) is 4.16. The summed E-state index contributed by atoms with van der Waals surface area (Å²) < 4.78 is 5.96. The van der Waals surface area contributed by atoms with Crippen LogP contribution in [-0.2, 0) is 4.79 Å². The first-order valence-electron chi connectivity index (χ1n) is 10.0. The zero-order valence-electron chi connectivity index (χ0n) is 17.1. The molecule has 6 heteroatoms. The van der Waals surface area contributed by atoms with Crippen LogP contribution in [0.15, 0.2) is 48.7 Å². The van der Waals surface area contributed by atoms with Crippen LogP contribution in [0.1, 0.15) is 18.3 Å². The average Bonchev–Trinajstić information content (AvgIpc) is 2.75. The summed E-state index contributed by atoms with van der Waals surface area (Å²) in [7, 11) is 0. The predicted octanol–water partition coefficient (Wildman–Crippen LogP) is 3.36. The van der Waals surface area contributed by atoms with Crippen LogP contribution in [0.25, 0.3) is 10.8 Å². The number of hydrogen-bond acceptors (Lipinski definition) is 5. The molecule has 1 aliphatic rings. The lowest BCUT2D eigenvalue weighted by Gasteiger charge is -2.36. The van der Waals surface area contributed by atoms with Crippen molar-refractivity contribution in [2.24, 2.45) is 0 Å². The second kappa shape index (κ2) is 8.07. The van der Waals surface area contributed by atoms with E-state index in [2.05, 4.69) is 20.9 Å². The van der Waals surface area contributed by atoms with Crippen LogP contribution in [0, 0.1) is 13.8 Å². The molecule has 1 aliphatic heterocycles. The topological polar surface area (TPSA) is 58.6 Å². The number of fused-ring (bicyclic) bond motifs is 1. The summed E-state index contributed by atoms with van der Waals surface area (Å²) in [5.74, 6) is 1.65. The minimum absolute atomic E-state index is 0.0184. The summed E-state index contributed by atoms with van der Waals surface area (Å²) in [6.07, 6.45) is 1.26. The third-order valence-corrected chi connectivity index (χ3v) is 5.32. The quantitative estimate of drug-likeness (QED) is 0.684. The van der Waals surface area contributed by atoms with Crippen LogP contribution in [0.4, 0.5) is 5.82 Å². The second-order valence-electron chi connectivity index (χ2n) is 7.50. The van der Waals surface area contributed by atoms with Crippen molar-refractivity contribution < 1.29 is 9.53 Å². The molecule has 1 unspecified atom stereocenters. The Labute approximate surface area is 171 Å². The summed E-state index contributed by atoms with van der Waals surface area (Å²) in [6, 6.07) is 14.0. The highest BCUT2D eigenvalue weighted by Crippen LogP contribution is 2.22. The van der Waals surface area contributed by atoms with E-state index in [1.807, 2.05) is 62.1 Å². The van der Waals surface area contributed by atoms with Gasteiger partial charge in [0, 0.05) is 32.4 Å². The maximum atomic E-state index is 12.9. The highest BCUT2D eigenvalue weighted by molar-refractivity contribution is 5.84. The molecule has 0 saturated carbocycles. The molecule has 1 amide bonds. The number of amides is 1. The van der Waals surface area contributed by atoms with Crippen molar-refractivity contribution in [1.82, 2.24) is 14.9 Å². The Morgan fingerprint density at radius 2 is 1.76 bits per heavy atom. The highest BCUT2D eigenvalue weighted by atomic mass is 16.5. The molecular weight excluding hydrogens is 364 g/mol. The Hall–Kier alpha value is -3.15. The normalized spacial score (nSPS) is 15.4. The van der Waals surface area contributed by atoms with Gasteiger partial charge in [0.05, 0.1) is 11.4 Å². The number of aromatic nitrogens is 2. The number of aryl methyl sites for hydroxylation is 2. The SMILES string of the molecule is Cc1cnc(C)c(N2CCN(C(=O)C(C)Oc3ccc4ccccc4c3)CC2)n1. The molecule has 1 aromatic heterocycles. The molecule has 3 aromatic rings. The summed E-state index contributed by atoms with van der Waals surface area (Å²) in [5.41, 5.74) is 1.82. The van der Waals surface area contributed by atoms with E-state index in [1.54, 1.807) is 6.20 Å². The average molecular weight is 390 g/mol. The first kappa shape index (κ1) is 19.2. The van der Waals surface area contributed by atoms with Crippen LogP contribution in [-0.4, -0.2) is 53.1 Å². The Bertz CT molecular complexity index is 1030. The molecule has 1 fully saturated rings. The first-order chi connectivity index (χ1) is 14.0. The van der Waals surface area contributed by atoms with Crippen molar-refractivity contribution in [3.05, 3.63) is 60.0 Å². The maximum absolute atomic E-state index is 12.9. The van der Waals surface area contributed by atoms with Gasteiger partial charge in [0.25, 0.3) is 5.91 Å². The van der Waals surface area contributed by atoms with Gasteiger partial charge >= 0.3 is 0 Å². The number of ether oxygens (including phenoxy) is 1. The smallest absolute Gasteiger partial charge is 0.263 e. The van der Waals surface area contributed by atoms with Crippen LogP contribution in [0.5, 0.6) is 5.75 Å². The van der Waals surface area contributed by atoms with Crippen molar-refractivity contribution in [3.63, 3.8) is 0 Å². The molecule has 0 radical (unpaired) electrons. The van der Waals surface area contributed by atoms with Crippen molar-refractivity contribution in [2.75, 3.05) is 31.1 Å². The summed E-state index contributed by atoms with van der Waals surface area (Å²) in [5, 5.41) is 2.26. The molecule has 0 spiro atoms. The molecule has 29 heavy (non-hydrogen) atoms.